The van der Waals surface area contributed by atoms with Gasteiger partial charge < -0.3 is 20.1 Å². The third kappa shape index (κ3) is 6.54. The highest BCUT2D eigenvalue weighted by Gasteiger charge is 2.35. The molecule has 0 unspecified atom stereocenters. The Bertz CT molecular complexity index is 646. The highest BCUT2D eigenvalue weighted by Crippen LogP contribution is 2.28. The van der Waals surface area contributed by atoms with Crippen molar-refractivity contribution >= 4 is 12.0 Å². The average Bonchev–Trinajstić information content (AvgIpc) is 2.59. The Kier molecular flexibility index (Phi) is 7.25. The Morgan fingerprint density at radius 3 is 2.41 bits per heavy atom. The topological polar surface area (TPSA) is 76.7 Å². The zero-order valence-corrected chi connectivity index (χ0v) is 16.9. The van der Waals surface area contributed by atoms with Crippen LogP contribution < -0.4 is 10.6 Å². The molecule has 2 rings (SSSR count). The summed E-state index contributed by atoms with van der Waals surface area (Å²) in [6, 6.07) is 7.40. The van der Waals surface area contributed by atoms with E-state index in [0.717, 1.165) is 37.7 Å². The molecule has 0 aliphatic heterocycles. The molecule has 1 saturated carbocycles. The number of amides is 2. The molecule has 2 amide bonds. The number of hydrogen-bond donors (Lipinski definition) is 2. The van der Waals surface area contributed by atoms with Crippen LogP contribution >= 0.6 is 0 Å². The summed E-state index contributed by atoms with van der Waals surface area (Å²) in [5.74, 6) is -0.154. The van der Waals surface area contributed by atoms with E-state index in [9.17, 15) is 9.59 Å². The minimum Gasteiger partial charge on any atom is -0.444 e. The number of carbonyl (C=O) groups excluding carboxylic acids is 2. The Morgan fingerprint density at radius 2 is 1.78 bits per heavy atom. The smallest absolute Gasteiger partial charge is 0.408 e. The van der Waals surface area contributed by atoms with Crippen LogP contribution in [0.4, 0.5) is 4.79 Å². The lowest BCUT2D eigenvalue weighted by Crippen LogP contribution is -2.57. The Balaban J connectivity index is 2.06. The molecule has 1 aromatic carbocycles. The molecule has 0 aromatic heterocycles. The van der Waals surface area contributed by atoms with Crippen molar-refractivity contribution in [1.29, 1.82) is 0 Å². The van der Waals surface area contributed by atoms with Gasteiger partial charge in [-0.15, -0.1) is 0 Å². The van der Waals surface area contributed by atoms with Gasteiger partial charge >= 0.3 is 6.09 Å². The zero-order chi connectivity index (χ0) is 19.9. The van der Waals surface area contributed by atoms with E-state index in [-0.39, 0.29) is 5.91 Å². The Hall–Kier alpha value is -2.08. The van der Waals surface area contributed by atoms with E-state index >= 15 is 0 Å². The van der Waals surface area contributed by atoms with E-state index in [0.29, 0.717) is 18.7 Å². The standard InChI is InChI=1S/C21H32N2O4/c1-20(2,3)27-19(25)23-21(12-8-5-9-13-21)15-22-18(24)17-11-7-6-10-16(17)14-26-4/h6-7,10-11H,5,8-9,12-15H2,1-4H3,(H,22,24)(H,23,25). The van der Waals surface area contributed by atoms with Crippen LogP contribution in [0.3, 0.4) is 0 Å². The summed E-state index contributed by atoms with van der Waals surface area (Å²) in [5, 5.41) is 6.05. The lowest BCUT2D eigenvalue weighted by atomic mass is 9.81. The molecule has 0 atom stereocenters. The maximum absolute atomic E-state index is 12.7. The lowest BCUT2D eigenvalue weighted by molar-refractivity contribution is 0.0419. The summed E-state index contributed by atoms with van der Waals surface area (Å²) >= 11 is 0. The second-order valence-electron chi connectivity index (χ2n) is 8.24. The predicted molar refractivity (Wildman–Crippen MR) is 105 cm³/mol. The van der Waals surface area contributed by atoms with E-state index in [1.807, 2.05) is 39.0 Å². The predicted octanol–water partition coefficient (Wildman–Crippen LogP) is 3.79. The van der Waals surface area contributed by atoms with Crippen LogP contribution in [0.1, 0.15) is 68.8 Å². The van der Waals surface area contributed by atoms with Crippen LogP contribution in [0.5, 0.6) is 0 Å². The van der Waals surface area contributed by atoms with Crippen molar-refractivity contribution < 1.29 is 19.1 Å². The van der Waals surface area contributed by atoms with Crippen LogP contribution in [-0.4, -0.2) is 36.8 Å². The molecule has 27 heavy (non-hydrogen) atoms. The average molecular weight is 376 g/mol. The quantitative estimate of drug-likeness (QED) is 0.792. The highest BCUT2D eigenvalue weighted by molar-refractivity contribution is 5.95. The molecule has 0 saturated heterocycles. The van der Waals surface area contributed by atoms with Gasteiger partial charge in [-0.25, -0.2) is 4.79 Å². The second kappa shape index (κ2) is 9.22. The third-order valence-corrected chi connectivity index (χ3v) is 4.73. The van der Waals surface area contributed by atoms with Crippen LogP contribution in [0.2, 0.25) is 0 Å². The molecule has 0 heterocycles. The molecule has 0 spiro atoms. The summed E-state index contributed by atoms with van der Waals surface area (Å²) < 4.78 is 10.6. The molecule has 1 aliphatic rings. The molecule has 6 nitrogen and oxygen atoms in total. The van der Waals surface area contributed by atoms with Gasteiger partial charge in [0, 0.05) is 19.2 Å². The Morgan fingerprint density at radius 1 is 1.11 bits per heavy atom. The van der Waals surface area contributed by atoms with Gasteiger partial charge in [0.15, 0.2) is 0 Å². The van der Waals surface area contributed by atoms with Gasteiger partial charge in [-0.05, 0) is 45.2 Å². The van der Waals surface area contributed by atoms with E-state index in [2.05, 4.69) is 10.6 Å². The monoisotopic (exact) mass is 376 g/mol. The van der Waals surface area contributed by atoms with Crippen LogP contribution in [-0.2, 0) is 16.1 Å². The van der Waals surface area contributed by atoms with Crippen LogP contribution in [0.15, 0.2) is 24.3 Å². The van der Waals surface area contributed by atoms with E-state index in [1.165, 1.54) is 0 Å². The van der Waals surface area contributed by atoms with Gasteiger partial charge in [0.1, 0.15) is 5.60 Å². The summed E-state index contributed by atoms with van der Waals surface area (Å²) in [4.78, 5) is 25.1. The molecular weight excluding hydrogens is 344 g/mol. The molecule has 1 aromatic rings. The fraction of sp³-hybridized carbons (Fsp3) is 0.619. The summed E-state index contributed by atoms with van der Waals surface area (Å²) in [6.45, 7) is 6.29. The fourth-order valence-electron chi connectivity index (χ4n) is 3.46. The van der Waals surface area contributed by atoms with Crippen molar-refractivity contribution in [2.24, 2.45) is 0 Å². The molecule has 1 aliphatic carbocycles. The van der Waals surface area contributed by atoms with Crippen molar-refractivity contribution in [3.8, 4) is 0 Å². The minimum atomic E-state index is -0.553. The van der Waals surface area contributed by atoms with Crippen LogP contribution in [0.25, 0.3) is 0 Å². The molecule has 2 N–H and O–H groups in total. The molecule has 6 heteroatoms. The summed E-state index contributed by atoms with van der Waals surface area (Å²) in [5.41, 5.74) is 0.423. The first kappa shape index (κ1) is 21.2. The highest BCUT2D eigenvalue weighted by atomic mass is 16.6. The first-order chi connectivity index (χ1) is 12.7. The molecule has 1 fully saturated rings. The second-order valence-corrected chi connectivity index (χ2v) is 8.24. The van der Waals surface area contributed by atoms with Crippen molar-refractivity contribution in [3.05, 3.63) is 35.4 Å². The van der Waals surface area contributed by atoms with Crippen molar-refractivity contribution in [2.75, 3.05) is 13.7 Å². The fourth-order valence-corrected chi connectivity index (χ4v) is 3.46. The van der Waals surface area contributed by atoms with Crippen molar-refractivity contribution in [1.82, 2.24) is 10.6 Å². The summed E-state index contributed by atoms with van der Waals surface area (Å²) in [7, 11) is 1.61. The van der Waals surface area contributed by atoms with Crippen molar-refractivity contribution in [3.63, 3.8) is 0 Å². The molecule has 0 bridgehead atoms. The number of hydrogen-bond acceptors (Lipinski definition) is 4. The number of carbonyl (C=O) groups is 2. The number of methoxy groups -OCH3 is 1. The van der Waals surface area contributed by atoms with E-state index < -0.39 is 17.2 Å². The Labute approximate surface area is 162 Å². The van der Waals surface area contributed by atoms with Gasteiger partial charge in [-0.2, -0.15) is 0 Å². The zero-order valence-electron chi connectivity index (χ0n) is 16.9. The van der Waals surface area contributed by atoms with Crippen LogP contribution in [0, 0.1) is 0 Å². The number of ether oxygens (including phenoxy) is 2. The van der Waals surface area contributed by atoms with Gasteiger partial charge in [0.25, 0.3) is 5.91 Å². The van der Waals surface area contributed by atoms with E-state index in [4.69, 9.17) is 9.47 Å². The minimum absolute atomic E-state index is 0.154. The maximum Gasteiger partial charge on any atom is 0.408 e. The van der Waals surface area contributed by atoms with Crippen molar-refractivity contribution in [2.45, 2.75) is 70.6 Å². The largest absolute Gasteiger partial charge is 0.444 e. The summed E-state index contributed by atoms with van der Waals surface area (Å²) in [6.07, 6.45) is 4.40. The molecule has 0 radical (unpaired) electrons. The first-order valence-corrected chi connectivity index (χ1v) is 9.61. The van der Waals surface area contributed by atoms with Gasteiger partial charge in [0.2, 0.25) is 0 Å². The van der Waals surface area contributed by atoms with E-state index in [1.54, 1.807) is 13.2 Å². The van der Waals surface area contributed by atoms with Gasteiger partial charge in [-0.3, -0.25) is 4.79 Å². The molecular formula is C21H32N2O4. The normalized spacial score (nSPS) is 16.4. The first-order valence-electron chi connectivity index (χ1n) is 9.61. The lowest BCUT2D eigenvalue weighted by Gasteiger charge is -2.38. The number of rotatable bonds is 6. The SMILES string of the molecule is COCc1ccccc1C(=O)NCC1(NC(=O)OC(C)(C)C)CCCCC1. The van der Waals surface area contributed by atoms with Gasteiger partial charge in [0.05, 0.1) is 12.1 Å². The van der Waals surface area contributed by atoms with Gasteiger partial charge in [-0.1, -0.05) is 37.5 Å². The number of alkyl carbamates (subject to hydrolysis) is 1. The molecule has 150 valence electrons. The number of benzene rings is 1. The number of nitrogens with one attached hydrogen (secondary N) is 2. The maximum atomic E-state index is 12.7. The third-order valence-electron chi connectivity index (χ3n) is 4.73.